The molecular formula is C12H15BrN2O2. The lowest BCUT2D eigenvalue weighted by molar-refractivity contribution is 0.211. The lowest BCUT2D eigenvalue weighted by atomic mass is 10.2. The molecule has 0 aromatic carbocycles. The molecule has 17 heavy (non-hydrogen) atoms. The molecule has 1 unspecified atom stereocenters. The van der Waals surface area contributed by atoms with Gasteiger partial charge in [0.15, 0.2) is 0 Å². The Bertz CT molecular complexity index is 453. The first kappa shape index (κ1) is 12.4. The third-order valence-electron chi connectivity index (χ3n) is 2.71. The molecule has 0 saturated heterocycles. The molecule has 0 saturated carbocycles. The van der Waals surface area contributed by atoms with E-state index in [4.69, 9.17) is 14.6 Å². The molecule has 2 N–H and O–H groups in total. The highest BCUT2D eigenvalue weighted by molar-refractivity contribution is 9.10. The molecule has 92 valence electrons. The van der Waals surface area contributed by atoms with Gasteiger partial charge >= 0.3 is 0 Å². The van der Waals surface area contributed by atoms with Gasteiger partial charge in [0.1, 0.15) is 5.76 Å². The van der Waals surface area contributed by atoms with Gasteiger partial charge in [-0.2, -0.15) is 0 Å². The van der Waals surface area contributed by atoms with Gasteiger partial charge in [0, 0.05) is 18.7 Å². The molecule has 0 aliphatic rings. The Kier molecular flexibility index (Phi) is 4.04. The van der Waals surface area contributed by atoms with Gasteiger partial charge in [-0.15, -0.1) is 0 Å². The number of likely N-dealkylation sites (N-methyl/N-ethyl adjacent to an activating group) is 1. The highest BCUT2D eigenvalue weighted by Gasteiger charge is 2.21. The van der Waals surface area contributed by atoms with Crippen LogP contribution in [0.5, 0.6) is 0 Å². The normalized spacial score (nSPS) is 13.2. The standard InChI is InChI=1S/C12H15BrN2O2/c1-15(7-9-2-4-16-8-9)11(6-14)12-10(13)3-5-17-12/h2-5,8,11H,6-7,14H2,1H3. The number of furan rings is 2. The fourth-order valence-corrected chi connectivity index (χ4v) is 2.28. The van der Waals surface area contributed by atoms with E-state index in [2.05, 4.69) is 20.8 Å². The molecular weight excluding hydrogens is 284 g/mol. The largest absolute Gasteiger partial charge is 0.472 e. The summed E-state index contributed by atoms with van der Waals surface area (Å²) in [6, 6.07) is 3.87. The Hall–Kier alpha value is -1.04. The summed E-state index contributed by atoms with van der Waals surface area (Å²) in [4.78, 5) is 2.13. The van der Waals surface area contributed by atoms with Gasteiger partial charge < -0.3 is 14.6 Å². The Morgan fingerprint density at radius 2 is 2.24 bits per heavy atom. The minimum absolute atomic E-state index is 0.0503. The second kappa shape index (κ2) is 5.53. The zero-order valence-corrected chi connectivity index (χ0v) is 11.2. The number of halogens is 1. The van der Waals surface area contributed by atoms with E-state index in [9.17, 15) is 0 Å². The highest BCUT2D eigenvalue weighted by atomic mass is 79.9. The maximum Gasteiger partial charge on any atom is 0.136 e. The molecule has 5 heteroatoms. The van der Waals surface area contributed by atoms with Gasteiger partial charge in [0.05, 0.1) is 29.3 Å². The van der Waals surface area contributed by atoms with Gasteiger partial charge in [-0.25, -0.2) is 0 Å². The lowest BCUT2D eigenvalue weighted by Crippen LogP contribution is -2.30. The van der Waals surface area contributed by atoms with Crippen molar-refractivity contribution >= 4 is 15.9 Å². The monoisotopic (exact) mass is 298 g/mol. The Morgan fingerprint density at radius 1 is 1.41 bits per heavy atom. The van der Waals surface area contributed by atoms with E-state index >= 15 is 0 Å². The van der Waals surface area contributed by atoms with Crippen LogP contribution in [-0.2, 0) is 6.54 Å². The van der Waals surface area contributed by atoms with E-state index in [-0.39, 0.29) is 6.04 Å². The maximum absolute atomic E-state index is 5.82. The van der Waals surface area contributed by atoms with Crippen molar-refractivity contribution in [3.05, 3.63) is 46.7 Å². The summed E-state index contributed by atoms with van der Waals surface area (Å²) in [5.74, 6) is 0.860. The fourth-order valence-electron chi connectivity index (χ4n) is 1.81. The number of hydrogen-bond acceptors (Lipinski definition) is 4. The van der Waals surface area contributed by atoms with Crippen molar-refractivity contribution in [2.45, 2.75) is 12.6 Å². The zero-order chi connectivity index (χ0) is 12.3. The Morgan fingerprint density at radius 3 is 2.76 bits per heavy atom. The molecule has 0 bridgehead atoms. The molecule has 0 aliphatic heterocycles. The van der Waals surface area contributed by atoms with Gasteiger partial charge in [-0.3, -0.25) is 4.90 Å². The van der Waals surface area contributed by atoms with E-state index < -0.39 is 0 Å². The van der Waals surface area contributed by atoms with Crippen molar-refractivity contribution in [3.8, 4) is 0 Å². The summed E-state index contributed by atoms with van der Waals surface area (Å²) in [7, 11) is 2.01. The lowest BCUT2D eigenvalue weighted by Gasteiger charge is -2.25. The van der Waals surface area contributed by atoms with Crippen molar-refractivity contribution in [3.63, 3.8) is 0 Å². The molecule has 4 nitrogen and oxygen atoms in total. The van der Waals surface area contributed by atoms with Crippen molar-refractivity contribution in [2.75, 3.05) is 13.6 Å². The zero-order valence-electron chi connectivity index (χ0n) is 9.60. The predicted octanol–water partition coefficient (Wildman–Crippen LogP) is 2.77. The second-order valence-corrected chi connectivity index (χ2v) is 4.79. The molecule has 0 spiro atoms. The van der Waals surface area contributed by atoms with Crippen LogP contribution in [0.4, 0.5) is 0 Å². The second-order valence-electron chi connectivity index (χ2n) is 3.93. The maximum atomic E-state index is 5.82. The third-order valence-corrected chi connectivity index (χ3v) is 3.37. The van der Waals surface area contributed by atoms with Crippen LogP contribution in [0.1, 0.15) is 17.4 Å². The molecule has 0 radical (unpaired) electrons. The summed E-state index contributed by atoms with van der Waals surface area (Å²) in [6.45, 7) is 1.27. The highest BCUT2D eigenvalue weighted by Crippen LogP contribution is 2.28. The summed E-state index contributed by atoms with van der Waals surface area (Å²) >= 11 is 3.46. The molecule has 2 aromatic heterocycles. The summed E-state index contributed by atoms with van der Waals surface area (Å²) in [5.41, 5.74) is 6.94. The minimum atomic E-state index is 0.0503. The van der Waals surface area contributed by atoms with Crippen LogP contribution in [-0.4, -0.2) is 18.5 Å². The van der Waals surface area contributed by atoms with E-state index in [0.717, 1.165) is 22.3 Å². The van der Waals surface area contributed by atoms with Gasteiger partial charge in [-0.05, 0) is 35.1 Å². The minimum Gasteiger partial charge on any atom is -0.472 e. The molecule has 2 rings (SSSR count). The first-order valence-corrected chi connectivity index (χ1v) is 6.16. The van der Waals surface area contributed by atoms with E-state index in [1.165, 1.54) is 0 Å². The van der Waals surface area contributed by atoms with Gasteiger partial charge in [-0.1, -0.05) is 0 Å². The van der Waals surface area contributed by atoms with Crippen LogP contribution in [0, 0.1) is 0 Å². The third kappa shape index (κ3) is 2.80. The van der Waals surface area contributed by atoms with Gasteiger partial charge in [0.25, 0.3) is 0 Å². The molecule has 1 atom stereocenters. The van der Waals surface area contributed by atoms with E-state index in [1.807, 2.05) is 19.2 Å². The molecule has 0 aliphatic carbocycles. The van der Waals surface area contributed by atoms with Crippen LogP contribution in [0.3, 0.4) is 0 Å². The topological polar surface area (TPSA) is 55.5 Å². The molecule has 0 amide bonds. The first-order chi connectivity index (χ1) is 8.22. The van der Waals surface area contributed by atoms with Crippen molar-refractivity contribution in [1.29, 1.82) is 0 Å². The van der Waals surface area contributed by atoms with Crippen molar-refractivity contribution in [1.82, 2.24) is 4.90 Å². The summed E-state index contributed by atoms with van der Waals surface area (Å²) < 4.78 is 11.5. The Balaban J connectivity index is 2.11. The number of hydrogen-bond donors (Lipinski definition) is 1. The molecule has 2 aromatic rings. The van der Waals surface area contributed by atoms with E-state index in [1.54, 1.807) is 18.8 Å². The Labute approximate surface area is 109 Å². The number of nitrogens with two attached hydrogens (primary N) is 1. The molecule has 0 fully saturated rings. The summed E-state index contributed by atoms with van der Waals surface area (Å²) in [5, 5.41) is 0. The average Bonchev–Trinajstić information content (AvgIpc) is 2.92. The van der Waals surface area contributed by atoms with Crippen LogP contribution in [0.2, 0.25) is 0 Å². The number of nitrogens with zero attached hydrogens (tertiary/aromatic N) is 1. The van der Waals surface area contributed by atoms with Crippen LogP contribution in [0.15, 0.2) is 44.2 Å². The van der Waals surface area contributed by atoms with Gasteiger partial charge in [0.2, 0.25) is 0 Å². The van der Waals surface area contributed by atoms with Crippen molar-refractivity contribution in [2.24, 2.45) is 5.73 Å². The SMILES string of the molecule is CN(Cc1ccoc1)C(CN)c1occc1Br. The molecule has 2 heterocycles. The number of rotatable bonds is 5. The summed E-state index contributed by atoms with van der Waals surface area (Å²) in [6.07, 6.45) is 5.07. The van der Waals surface area contributed by atoms with Crippen LogP contribution < -0.4 is 5.73 Å². The van der Waals surface area contributed by atoms with Crippen LogP contribution in [0.25, 0.3) is 0 Å². The van der Waals surface area contributed by atoms with Crippen molar-refractivity contribution < 1.29 is 8.83 Å². The van der Waals surface area contributed by atoms with E-state index in [0.29, 0.717) is 6.54 Å². The van der Waals surface area contributed by atoms with Crippen LogP contribution >= 0.6 is 15.9 Å². The fraction of sp³-hybridized carbons (Fsp3) is 0.333. The quantitative estimate of drug-likeness (QED) is 0.922. The predicted molar refractivity (Wildman–Crippen MR) is 68.4 cm³/mol. The smallest absolute Gasteiger partial charge is 0.136 e. The first-order valence-electron chi connectivity index (χ1n) is 5.36. The average molecular weight is 299 g/mol.